The summed E-state index contributed by atoms with van der Waals surface area (Å²) in [6.07, 6.45) is 8.73. The molecule has 0 aliphatic heterocycles. The summed E-state index contributed by atoms with van der Waals surface area (Å²) >= 11 is 6.30. The van der Waals surface area contributed by atoms with E-state index in [0.29, 0.717) is 10.8 Å². The highest BCUT2D eigenvalue weighted by Gasteiger charge is 2.20. The van der Waals surface area contributed by atoms with Crippen LogP contribution in [0.2, 0.25) is 5.02 Å². The first-order valence-electron chi connectivity index (χ1n) is 9.43. The summed E-state index contributed by atoms with van der Waals surface area (Å²) in [5.41, 5.74) is 3.78. The monoisotopic (exact) mass is 413 g/mol. The van der Waals surface area contributed by atoms with Gasteiger partial charge in [0.25, 0.3) is 0 Å². The van der Waals surface area contributed by atoms with Gasteiger partial charge in [0.1, 0.15) is 5.78 Å². The van der Waals surface area contributed by atoms with Crippen molar-refractivity contribution in [2.45, 2.75) is 45.6 Å². The number of methoxy groups -OCH3 is 1. The second-order valence-corrected chi connectivity index (χ2v) is 7.60. The van der Waals surface area contributed by atoms with Gasteiger partial charge in [0, 0.05) is 38.5 Å². The predicted octanol–water partition coefficient (Wildman–Crippen LogP) is 3.90. The molecule has 0 radical (unpaired) electrons. The van der Waals surface area contributed by atoms with Crippen LogP contribution >= 0.6 is 11.6 Å². The molecule has 0 aliphatic carbocycles. The number of ether oxygens (including phenoxy) is 1. The van der Waals surface area contributed by atoms with E-state index in [0.717, 1.165) is 22.3 Å². The van der Waals surface area contributed by atoms with Crippen molar-refractivity contribution in [3.8, 4) is 5.82 Å². The van der Waals surface area contributed by atoms with Gasteiger partial charge in [-0.1, -0.05) is 25.4 Å². The fourth-order valence-corrected chi connectivity index (χ4v) is 3.55. The average Bonchev–Trinajstić information content (AvgIpc) is 3.21. The number of aromatic nitrogens is 5. The van der Waals surface area contributed by atoms with Crippen molar-refractivity contribution in [1.29, 1.82) is 0 Å². The number of carbonyl (C=O) groups excluding carboxylic acids is 1. The number of hydrogen-bond donors (Lipinski definition) is 0. The number of pyridine rings is 2. The SMILES string of the molecule is COC(C)c1c(CC(=O)Cc2cnc(-n3nccn3)c(Cl)c2)cncc1C(C)C. The Morgan fingerprint density at radius 1 is 1.14 bits per heavy atom. The van der Waals surface area contributed by atoms with E-state index >= 15 is 0 Å². The summed E-state index contributed by atoms with van der Waals surface area (Å²) in [6, 6.07) is 1.73. The highest BCUT2D eigenvalue weighted by Crippen LogP contribution is 2.29. The normalized spacial score (nSPS) is 12.3. The average molecular weight is 414 g/mol. The van der Waals surface area contributed by atoms with Crippen molar-refractivity contribution in [2.24, 2.45) is 0 Å². The molecular weight excluding hydrogens is 390 g/mol. The maximum Gasteiger partial charge on any atom is 0.193 e. The molecule has 0 N–H and O–H groups in total. The number of carbonyl (C=O) groups is 1. The van der Waals surface area contributed by atoms with Crippen LogP contribution in [0, 0.1) is 0 Å². The van der Waals surface area contributed by atoms with Crippen LogP contribution in [0.1, 0.15) is 55.0 Å². The maximum absolute atomic E-state index is 12.8. The highest BCUT2D eigenvalue weighted by atomic mass is 35.5. The molecule has 0 bridgehead atoms. The molecule has 0 saturated carbocycles. The zero-order valence-corrected chi connectivity index (χ0v) is 17.7. The summed E-state index contributed by atoms with van der Waals surface area (Å²) in [7, 11) is 1.67. The minimum atomic E-state index is -0.116. The van der Waals surface area contributed by atoms with Crippen LogP contribution < -0.4 is 0 Å². The molecule has 0 saturated heterocycles. The van der Waals surface area contributed by atoms with Crippen LogP contribution in [-0.4, -0.2) is 37.9 Å². The Hall–Kier alpha value is -2.64. The zero-order chi connectivity index (χ0) is 21.0. The fraction of sp³-hybridized carbons (Fsp3) is 0.381. The number of halogens is 1. The van der Waals surface area contributed by atoms with Gasteiger partial charge in [-0.25, -0.2) is 4.98 Å². The Morgan fingerprint density at radius 3 is 2.48 bits per heavy atom. The molecule has 7 nitrogen and oxygen atoms in total. The minimum absolute atomic E-state index is 0.0556. The first-order valence-corrected chi connectivity index (χ1v) is 9.80. The lowest BCUT2D eigenvalue weighted by atomic mass is 9.90. The number of Topliss-reactive ketones (excluding diaryl/α,β-unsaturated/α-hetero) is 1. The van der Waals surface area contributed by atoms with Crippen molar-refractivity contribution in [1.82, 2.24) is 25.0 Å². The van der Waals surface area contributed by atoms with Gasteiger partial charge >= 0.3 is 0 Å². The van der Waals surface area contributed by atoms with E-state index in [1.54, 1.807) is 38.0 Å². The van der Waals surface area contributed by atoms with Gasteiger partial charge in [-0.05, 0) is 41.2 Å². The third-order valence-corrected chi connectivity index (χ3v) is 5.04. The minimum Gasteiger partial charge on any atom is -0.377 e. The van der Waals surface area contributed by atoms with Gasteiger partial charge in [0.05, 0.1) is 23.5 Å². The van der Waals surface area contributed by atoms with Crippen LogP contribution in [0.25, 0.3) is 5.82 Å². The third kappa shape index (κ3) is 4.86. The van der Waals surface area contributed by atoms with Gasteiger partial charge < -0.3 is 4.74 Å². The molecule has 3 aromatic heterocycles. The molecular formula is C21H24ClN5O2. The van der Waals surface area contributed by atoms with E-state index in [2.05, 4.69) is 34.0 Å². The van der Waals surface area contributed by atoms with Crippen LogP contribution in [0.4, 0.5) is 0 Å². The molecule has 152 valence electrons. The Labute approximate surface area is 175 Å². The van der Waals surface area contributed by atoms with Crippen LogP contribution in [-0.2, 0) is 22.4 Å². The topological polar surface area (TPSA) is 82.8 Å². The molecule has 0 spiro atoms. The summed E-state index contributed by atoms with van der Waals surface area (Å²) in [6.45, 7) is 6.21. The number of nitrogens with zero attached hydrogens (tertiary/aromatic N) is 5. The third-order valence-electron chi connectivity index (χ3n) is 4.76. The number of hydrogen-bond acceptors (Lipinski definition) is 6. The van der Waals surface area contributed by atoms with Gasteiger partial charge in [-0.15, -0.1) is 4.80 Å². The van der Waals surface area contributed by atoms with Crippen molar-refractivity contribution in [3.05, 3.63) is 64.3 Å². The highest BCUT2D eigenvalue weighted by molar-refractivity contribution is 6.32. The van der Waals surface area contributed by atoms with E-state index in [4.69, 9.17) is 16.3 Å². The largest absolute Gasteiger partial charge is 0.377 e. The van der Waals surface area contributed by atoms with E-state index < -0.39 is 0 Å². The van der Waals surface area contributed by atoms with Crippen molar-refractivity contribution in [2.75, 3.05) is 7.11 Å². The van der Waals surface area contributed by atoms with Crippen LogP contribution in [0.5, 0.6) is 0 Å². The van der Waals surface area contributed by atoms with E-state index in [-0.39, 0.29) is 30.6 Å². The molecule has 29 heavy (non-hydrogen) atoms. The summed E-state index contributed by atoms with van der Waals surface area (Å²) in [5, 5.41) is 8.44. The smallest absolute Gasteiger partial charge is 0.193 e. The molecule has 1 atom stereocenters. The van der Waals surface area contributed by atoms with E-state index in [1.165, 1.54) is 4.80 Å². The predicted molar refractivity (Wildman–Crippen MR) is 110 cm³/mol. The quantitative estimate of drug-likeness (QED) is 0.557. The Kier molecular flexibility index (Phi) is 6.71. The summed E-state index contributed by atoms with van der Waals surface area (Å²) in [4.78, 5) is 22.8. The Morgan fingerprint density at radius 2 is 1.86 bits per heavy atom. The second-order valence-electron chi connectivity index (χ2n) is 7.19. The number of ketones is 1. The van der Waals surface area contributed by atoms with Crippen molar-refractivity contribution >= 4 is 17.4 Å². The lowest BCUT2D eigenvalue weighted by Gasteiger charge is -2.21. The molecule has 3 aromatic rings. The number of rotatable bonds is 8. The van der Waals surface area contributed by atoms with Crippen LogP contribution in [0.15, 0.2) is 37.1 Å². The first kappa shape index (κ1) is 21.1. The van der Waals surface area contributed by atoms with Crippen LogP contribution in [0.3, 0.4) is 0 Å². The van der Waals surface area contributed by atoms with Crippen molar-refractivity contribution < 1.29 is 9.53 Å². The Balaban J connectivity index is 1.79. The molecule has 3 heterocycles. The van der Waals surface area contributed by atoms with Gasteiger partial charge in [0.2, 0.25) is 0 Å². The lowest BCUT2D eigenvalue weighted by Crippen LogP contribution is -2.14. The molecule has 0 aromatic carbocycles. The molecule has 0 aliphatic rings. The zero-order valence-electron chi connectivity index (χ0n) is 17.0. The van der Waals surface area contributed by atoms with Crippen molar-refractivity contribution in [3.63, 3.8) is 0 Å². The van der Waals surface area contributed by atoms with Gasteiger partial charge in [-0.2, -0.15) is 10.2 Å². The summed E-state index contributed by atoms with van der Waals surface area (Å²) in [5.74, 6) is 0.773. The molecule has 0 fully saturated rings. The summed E-state index contributed by atoms with van der Waals surface area (Å²) < 4.78 is 5.55. The molecule has 8 heteroatoms. The second kappa shape index (κ2) is 9.24. The standard InChI is InChI=1S/C21H24ClN5O2/c1-13(2)18-12-23-11-16(20(18)14(3)29-4)9-17(28)7-15-8-19(22)21(24-10-15)27-25-5-6-26-27/h5-6,8,10-14H,7,9H2,1-4H3. The molecule has 3 rings (SSSR count). The van der Waals surface area contributed by atoms with E-state index in [1.807, 2.05) is 13.1 Å². The van der Waals surface area contributed by atoms with Gasteiger partial charge in [-0.3, -0.25) is 9.78 Å². The lowest BCUT2D eigenvalue weighted by molar-refractivity contribution is -0.117. The first-order chi connectivity index (χ1) is 13.9. The van der Waals surface area contributed by atoms with Gasteiger partial charge in [0.15, 0.2) is 5.82 Å². The maximum atomic E-state index is 12.8. The Bertz CT molecular complexity index is 989. The molecule has 0 amide bonds. The van der Waals surface area contributed by atoms with E-state index in [9.17, 15) is 4.79 Å². The fourth-order valence-electron chi connectivity index (χ4n) is 3.29. The molecule has 1 unspecified atom stereocenters.